The zero-order valence-electron chi connectivity index (χ0n) is 7.46. The number of primary amides is 1. The first-order valence-corrected chi connectivity index (χ1v) is 8.84. The molecule has 0 spiro atoms. The molecule has 0 unspecified atom stereocenters. The molecule has 0 aromatic heterocycles. The topological polar surface area (TPSA) is 72.2 Å². The summed E-state index contributed by atoms with van der Waals surface area (Å²) in [5.41, 5.74) is 9.24. The summed E-state index contributed by atoms with van der Waals surface area (Å²) in [7, 11) is 0. The average molecular weight is 234 g/mol. The van der Waals surface area contributed by atoms with Crippen LogP contribution in [0.25, 0.3) is 0 Å². The predicted molar refractivity (Wildman–Crippen MR) is 49.1 cm³/mol. The molecule has 0 aliphatic carbocycles. The molecule has 12 heavy (non-hydrogen) atoms. The number of carbonyl (C=O) groups is 2. The molecule has 0 saturated carbocycles. The summed E-state index contributed by atoms with van der Waals surface area (Å²) in [4.78, 5) is 20.9. The van der Waals surface area contributed by atoms with E-state index in [0.29, 0.717) is 6.54 Å². The van der Waals surface area contributed by atoms with Gasteiger partial charge in [-0.25, -0.2) is 0 Å². The van der Waals surface area contributed by atoms with Crippen molar-refractivity contribution in [3.63, 3.8) is 0 Å². The van der Waals surface area contributed by atoms with E-state index >= 15 is 0 Å². The second kappa shape index (κ2) is 6.06. The molecule has 0 fully saturated rings. The zero-order valence-corrected chi connectivity index (χ0v) is 9.34. The monoisotopic (exact) mass is 234 g/mol. The molecule has 0 aromatic rings. The van der Waals surface area contributed by atoms with Gasteiger partial charge in [-0.15, -0.1) is 0 Å². The molecule has 0 rings (SSSR count). The van der Waals surface area contributed by atoms with Crippen LogP contribution in [-0.2, 0) is 9.59 Å². The van der Waals surface area contributed by atoms with E-state index in [4.69, 9.17) is 5.73 Å². The van der Waals surface area contributed by atoms with E-state index in [0.717, 1.165) is 6.42 Å². The first-order valence-electron chi connectivity index (χ1n) is 3.76. The first-order chi connectivity index (χ1) is 5.54. The molecule has 4 nitrogen and oxygen atoms in total. The van der Waals surface area contributed by atoms with Gasteiger partial charge in [-0.1, -0.05) is 0 Å². The molecule has 0 aliphatic heterocycles. The van der Waals surface area contributed by atoms with Gasteiger partial charge in [-0.3, -0.25) is 0 Å². The van der Waals surface area contributed by atoms with Crippen LogP contribution >= 0.6 is 0 Å². The van der Waals surface area contributed by atoms with Crippen LogP contribution in [0.5, 0.6) is 0 Å². The second-order valence-corrected chi connectivity index (χ2v) is 8.25. The fraction of sp³-hybridized carbons (Fsp3) is 0.714. The number of nitrogens with two attached hydrogens (primary N) is 1. The molecule has 2 amide bonds. The maximum absolute atomic E-state index is 10.6. The van der Waals surface area contributed by atoms with Crippen LogP contribution in [-0.4, -0.2) is 33.0 Å². The number of hydrogen-bond acceptors (Lipinski definition) is 2. The van der Waals surface area contributed by atoms with Crippen molar-refractivity contribution < 1.29 is 9.59 Å². The predicted octanol–water partition coefficient (Wildman–Crippen LogP) is -0.268. The molecular formula is C7H15AsN2O2. The summed E-state index contributed by atoms with van der Waals surface area (Å²) >= 11 is -0.583. The molecule has 5 heteroatoms. The van der Waals surface area contributed by atoms with Crippen molar-refractivity contribution in [2.45, 2.75) is 23.1 Å². The SMILES string of the molecule is C[As](C)CCCNC(=O)C(N)=O. The van der Waals surface area contributed by atoms with E-state index in [1.807, 2.05) is 0 Å². The molecule has 0 saturated heterocycles. The van der Waals surface area contributed by atoms with E-state index in [1.54, 1.807) is 0 Å². The minimum absolute atomic E-state index is 0.564. The third-order valence-corrected chi connectivity index (χ3v) is 3.83. The molecule has 3 N–H and O–H groups in total. The van der Waals surface area contributed by atoms with Crippen LogP contribution in [0.3, 0.4) is 0 Å². The summed E-state index contributed by atoms with van der Waals surface area (Å²) in [5, 5.41) is 3.63. The summed E-state index contributed by atoms with van der Waals surface area (Å²) in [5.74, 6) is -1.58. The molecule has 0 aliphatic rings. The van der Waals surface area contributed by atoms with E-state index in [9.17, 15) is 9.59 Å². The Morgan fingerprint density at radius 1 is 1.42 bits per heavy atom. The van der Waals surface area contributed by atoms with Crippen molar-refractivity contribution >= 4 is 26.5 Å². The Labute approximate surface area is 77.1 Å². The minimum atomic E-state index is -0.905. The van der Waals surface area contributed by atoms with Crippen LogP contribution in [0.2, 0.25) is 16.6 Å². The Kier molecular flexibility index (Phi) is 5.81. The first kappa shape index (κ1) is 11.5. The third kappa shape index (κ3) is 6.22. The van der Waals surface area contributed by atoms with Gasteiger partial charge in [-0.2, -0.15) is 0 Å². The Hall–Kier alpha value is -0.502. The fourth-order valence-electron chi connectivity index (χ4n) is 0.684. The van der Waals surface area contributed by atoms with Gasteiger partial charge in [0.05, 0.1) is 0 Å². The molecule has 0 radical (unpaired) electrons. The number of nitrogens with one attached hydrogen (secondary N) is 1. The van der Waals surface area contributed by atoms with Gasteiger partial charge in [-0.05, 0) is 0 Å². The number of carbonyl (C=O) groups excluding carboxylic acids is 2. The van der Waals surface area contributed by atoms with Crippen molar-refractivity contribution in [2.75, 3.05) is 6.54 Å². The quantitative estimate of drug-likeness (QED) is 0.399. The van der Waals surface area contributed by atoms with Gasteiger partial charge in [0.2, 0.25) is 0 Å². The van der Waals surface area contributed by atoms with E-state index < -0.39 is 26.5 Å². The van der Waals surface area contributed by atoms with Crippen molar-refractivity contribution in [2.24, 2.45) is 5.73 Å². The average Bonchev–Trinajstić information content (AvgIpc) is 1.97. The Morgan fingerprint density at radius 2 is 2.00 bits per heavy atom. The van der Waals surface area contributed by atoms with Gasteiger partial charge in [0.25, 0.3) is 0 Å². The number of rotatable bonds is 4. The van der Waals surface area contributed by atoms with Gasteiger partial charge in [0, 0.05) is 0 Å². The van der Waals surface area contributed by atoms with Crippen molar-refractivity contribution in [3.05, 3.63) is 0 Å². The zero-order chi connectivity index (χ0) is 9.56. The molecule has 0 aromatic carbocycles. The molecule has 0 atom stereocenters. The number of hydrogen-bond donors (Lipinski definition) is 2. The van der Waals surface area contributed by atoms with E-state index in [1.165, 1.54) is 5.21 Å². The molecule has 70 valence electrons. The van der Waals surface area contributed by atoms with Gasteiger partial charge < -0.3 is 0 Å². The van der Waals surface area contributed by atoms with Crippen LogP contribution in [0.15, 0.2) is 0 Å². The van der Waals surface area contributed by atoms with Crippen molar-refractivity contribution in [1.29, 1.82) is 0 Å². The van der Waals surface area contributed by atoms with Gasteiger partial charge >= 0.3 is 76.7 Å². The normalized spacial score (nSPS) is 9.92. The molecule has 0 heterocycles. The Morgan fingerprint density at radius 3 is 2.42 bits per heavy atom. The Balaban J connectivity index is 3.32. The van der Waals surface area contributed by atoms with E-state index in [-0.39, 0.29) is 0 Å². The van der Waals surface area contributed by atoms with Gasteiger partial charge in [0.15, 0.2) is 0 Å². The summed E-state index contributed by atoms with van der Waals surface area (Å²) in [6.07, 6.45) is 0.950. The van der Waals surface area contributed by atoms with Gasteiger partial charge in [0.1, 0.15) is 0 Å². The fourth-order valence-corrected chi connectivity index (χ4v) is 2.34. The van der Waals surface area contributed by atoms with Crippen LogP contribution in [0, 0.1) is 0 Å². The van der Waals surface area contributed by atoms with Crippen molar-refractivity contribution in [3.8, 4) is 0 Å². The summed E-state index contributed by atoms with van der Waals surface area (Å²) < 4.78 is 0. The second-order valence-electron chi connectivity index (χ2n) is 2.78. The standard InChI is InChI=1S/C7H15AsN2O2/c1-8(2)4-3-5-10-7(12)6(9)11/h3-5H2,1-2H3,(H2,9,11)(H,10,12). The summed E-state index contributed by atoms with van der Waals surface area (Å²) in [6.45, 7) is 0.564. The Bertz CT molecular complexity index is 171. The third-order valence-electron chi connectivity index (χ3n) is 1.29. The maximum atomic E-state index is 10.6. The van der Waals surface area contributed by atoms with Crippen LogP contribution in [0.1, 0.15) is 6.42 Å². The van der Waals surface area contributed by atoms with E-state index in [2.05, 4.69) is 16.7 Å². The molecule has 0 bridgehead atoms. The number of amides is 2. The molecular weight excluding hydrogens is 219 g/mol. The van der Waals surface area contributed by atoms with Crippen LogP contribution in [0.4, 0.5) is 0 Å². The van der Waals surface area contributed by atoms with Crippen LogP contribution < -0.4 is 11.1 Å². The summed E-state index contributed by atoms with van der Waals surface area (Å²) in [6, 6.07) is 0. The van der Waals surface area contributed by atoms with Crippen molar-refractivity contribution in [1.82, 2.24) is 5.32 Å².